The zero-order chi connectivity index (χ0) is 5.61. The smallest absolute Gasteiger partial charge is 0.221 e. The summed E-state index contributed by atoms with van der Waals surface area (Å²) in [6.07, 6.45) is 3.39. The summed E-state index contributed by atoms with van der Waals surface area (Å²) < 4.78 is 5.10. The van der Waals surface area contributed by atoms with Gasteiger partial charge in [-0.15, -0.1) is 0 Å². The van der Waals surface area contributed by atoms with Gasteiger partial charge in [0.15, 0.2) is 0 Å². The number of fused-ring (bicyclic) bond motifs is 2. The summed E-state index contributed by atoms with van der Waals surface area (Å²) in [4.78, 5) is 9.38. The second-order valence-electron chi connectivity index (χ2n) is 2.04. The molecular formula is C5H6O3. The fourth-order valence-corrected chi connectivity index (χ4v) is 0.805. The lowest BCUT2D eigenvalue weighted by molar-refractivity contribution is -0.313. The van der Waals surface area contributed by atoms with Crippen LogP contribution in [0.25, 0.3) is 0 Å². The minimum absolute atomic E-state index is 0.264. The molecule has 2 atom stereocenters. The maximum Gasteiger partial charge on any atom is 0.221 e. The lowest BCUT2D eigenvalue weighted by Crippen LogP contribution is -2.19. The highest BCUT2D eigenvalue weighted by atomic mass is 17.3. The SMILES string of the molecule is CC12C=CC(OO1)O2. The largest absolute Gasteiger partial charge is 0.308 e. The fourth-order valence-electron chi connectivity index (χ4n) is 0.805. The monoisotopic (exact) mass is 114 g/mol. The zero-order valence-corrected chi connectivity index (χ0v) is 4.46. The van der Waals surface area contributed by atoms with Gasteiger partial charge in [0.25, 0.3) is 0 Å². The molecule has 3 nitrogen and oxygen atoms in total. The summed E-state index contributed by atoms with van der Waals surface area (Å²) in [5, 5.41) is 0. The van der Waals surface area contributed by atoms with Crippen LogP contribution in [-0.4, -0.2) is 12.1 Å². The van der Waals surface area contributed by atoms with E-state index in [4.69, 9.17) is 9.62 Å². The Balaban J connectivity index is 2.33. The number of hydrogen-bond acceptors (Lipinski definition) is 3. The maximum absolute atomic E-state index is 5.10. The summed E-state index contributed by atoms with van der Waals surface area (Å²) >= 11 is 0. The van der Waals surface area contributed by atoms with E-state index in [1.807, 2.05) is 12.2 Å². The second kappa shape index (κ2) is 1.13. The molecule has 44 valence electrons. The third-order valence-electron chi connectivity index (χ3n) is 1.21. The quantitative estimate of drug-likeness (QED) is 0.340. The summed E-state index contributed by atoms with van der Waals surface area (Å²) in [5.41, 5.74) is 0. The molecule has 0 spiro atoms. The van der Waals surface area contributed by atoms with E-state index in [0.29, 0.717) is 0 Å². The molecule has 8 heavy (non-hydrogen) atoms. The highest BCUT2D eigenvalue weighted by Crippen LogP contribution is 2.32. The Kier molecular flexibility index (Phi) is 0.633. The van der Waals surface area contributed by atoms with Gasteiger partial charge in [0.2, 0.25) is 12.1 Å². The third-order valence-corrected chi connectivity index (χ3v) is 1.21. The second-order valence-corrected chi connectivity index (χ2v) is 2.04. The lowest BCUT2D eigenvalue weighted by Gasteiger charge is -2.09. The molecule has 0 amide bonds. The van der Waals surface area contributed by atoms with E-state index in [1.54, 1.807) is 6.92 Å². The Hall–Kier alpha value is -0.380. The van der Waals surface area contributed by atoms with Crippen LogP contribution >= 0.6 is 0 Å². The predicted molar refractivity (Wildman–Crippen MR) is 24.6 cm³/mol. The van der Waals surface area contributed by atoms with E-state index in [2.05, 4.69) is 4.89 Å². The van der Waals surface area contributed by atoms with Crippen LogP contribution in [0.2, 0.25) is 0 Å². The standard InChI is InChI=1S/C5H6O3/c1-5-3-2-4(6-5)7-8-5/h2-4H,1H3. The van der Waals surface area contributed by atoms with Gasteiger partial charge < -0.3 is 4.74 Å². The van der Waals surface area contributed by atoms with E-state index in [9.17, 15) is 0 Å². The molecule has 2 aliphatic heterocycles. The van der Waals surface area contributed by atoms with E-state index < -0.39 is 5.79 Å². The summed E-state index contributed by atoms with van der Waals surface area (Å²) in [6.45, 7) is 1.80. The highest BCUT2D eigenvalue weighted by molar-refractivity contribution is 5.04. The van der Waals surface area contributed by atoms with Crippen molar-refractivity contribution >= 4 is 0 Å². The van der Waals surface area contributed by atoms with Crippen molar-refractivity contribution in [3.05, 3.63) is 12.2 Å². The number of rotatable bonds is 0. The van der Waals surface area contributed by atoms with Crippen LogP contribution in [0.5, 0.6) is 0 Å². The van der Waals surface area contributed by atoms with Crippen molar-refractivity contribution in [3.63, 3.8) is 0 Å². The molecule has 0 aromatic heterocycles. The fraction of sp³-hybridized carbons (Fsp3) is 0.600. The molecule has 0 radical (unpaired) electrons. The first-order chi connectivity index (χ1) is 3.79. The molecule has 0 aliphatic carbocycles. The first kappa shape index (κ1) is 4.49. The average molecular weight is 114 g/mol. The molecule has 1 saturated heterocycles. The average Bonchev–Trinajstić information content (AvgIpc) is 2.21. The zero-order valence-electron chi connectivity index (χ0n) is 4.46. The van der Waals surface area contributed by atoms with Crippen molar-refractivity contribution in [2.24, 2.45) is 0 Å². The molecular weight excluding hydrogens is 108 g/mol. The van der Waals surface area contributed by atoms with Crippen molar-refractivity contribution in [3.8, 4) is 0 Å². The van der Waals surface area contributed by atoms with Gasteiger partial charge in [-0.25, -0.2) is 0 Å². The Morgan fingerprint density at radius 3 is 2.62 bits per heavy atom. The highest BCUT2D eigenvalue weighted by Gasteiger charge is 2.41. The Morgan fingerprint density at radius 2 is 2.50 bits per heavy atom. The molecule has 0 N–H and O–H groups in total. The normalized spacial score (nSPS) is 50.9. The summed E-state index contributed by atoms with van der Waals surface area (Å²) in [7, 11) is 0. The molecule has 0 aromatic carbocycles. The third kappa shape index (κ3) is 0.434. The maximum atomic E-state index is 5.10. The summed E-state index contributed by atoms with van der Waals surface area (Å²) in [5.74, 6) is -0.593. The van der Waals surface area contributed by atoms with Crippen LogP contribution in [0.4, 0.5) is 0 Å². The van der Waals surface area contributed by atoms with Crippen molar-refractivity contribution in [1.82, 2.24) is 0 Å². The van der Waals surface area contributed by atoms with Crippen LogP contribution in [0.3, 0.4) is 0 Å². The summed E-state index contributed by atoms with van der Waals surface area (Å²) in [6, 6.07) is 0. The van der Waals surface area contributed by atoms with E-state index in [0.717, 1.165) is 0 Å². The van der Waals surface area contributed by atoms with Crippen molar-refractivity contribution in [2.75, 3.05) is 0 Å². The molecule has 3 heteroatoms. The van der Waals surface area contributed by atoms with E-state index >= 15 is 0 Å². The van der Waals surface area contributed by atoms with Gasteiger partial charge in [-0.1, -0.05) is 0 Å². The van der Waals surface area contributed by atoms with Gasteiger partial charge in [0, 0.05) is 0 Å². The van der Waals surface area contributed by atoms with Gasteiger partial charge in [-0.2, -0.15) is 9.78 Å². The molecule has 2 bridgehead atoms. The molecule has 2 rings (SSSR count). The first-order valence-electron chi connectivity index (χ1n) is 2.50. The Bertz CT molecular complexity index is 143. The molecule has 2 unspecified atom stereocenters. The number of hydrogen-bond donors (Lipinski definition) is 0. The Morgan fingerprint density at radius 1 is 1.62 bits per heavy atom. The molecule has 0 saturated carbocycles. The topological polar surface area (TPSA) is 27.7 Å². The Labute approximate surface area is 46.8 Å². The van der Waals surface area contributed by atoms with E-state index in [-0.39, 0.29) is 6.29 Å². The minimum Gasteiger partial charge on any atom is -0.308 e. The van der Waals surface area contributed by atoms with Crippen LogP contribution in [0.1, 0.15) is 6.92 Å². The first-order valence-corrected chi connectivity index (χ1v) is 2.50. The van der Waals surface area contributed by atoms with Crippen molar-refractivity contribution < 1.29 is 14.5 Å². The molecule has 0 aromatic rings. The van der Waals surface area contributed by atoms with Gasteiger partial charge in [0.05, 0.1) is 0 Å². The van der Waals surface area contributed by atoms with Crippen molar-refractivity contribution in [2.45, 2.75) is 19.0 Å². The molecule has 1 fully saturated rings. The van der Waals surface area contributed by atoms with Crippen LogP contribution in [-0.2, 0) is 14.5 Å². The van der Waals surface area contributed by atoms with Gasteiger partial charge >= 0.3 is 0 Å². The van der Waals surface area contributed by atoms with Crippen LogP contribution in [0.15, 0.2) is 12.2 Å². The van der Waals surface area contributed by atoms with Crippen molar-refractivity contribution in [1.29, 1.82) is 0 Å². The molecule has 2 aliphatic rings. The van der Waals surface area contributed by atoms with Crippen LogP contribution in [0, 0.1) is 0 Å². The van der Waals surface area contributed by atoms with Crippen LogP contribution < -0.4 is 0 Å². The van der Waals surface area contributed by atoms with Gasteiger partial charge in [-0.3, -0.25) is 0 Å². The molecule has 2 heterocycles. The predicted octanol–water partition coefficient (Wildman–Crippen LogP) is 0.577. The number of ether oxygens (including phenoxy) is 1. The van der Waals surface area contributed by atoms with Gasteiger partial charge in [-0.05, 0) is 19.1 Å². The van der Waals surface area contributed by atoms with E-state index in [1.165, 1.54) is 0 Å². The van der Waals surface area contributed by atoms with Gasteiger partial charge in [0.1, 0.15) is 0 Å². The lowest BCUT2D eigenvalue weighted by atomic mass is 10.3. The minimum atomic E-state index is -0.593.